The van der Waals surface area contributed by atoms with Crippen molar-refractivity contribution in [3.63, 3.8) is 0 Å². The molecule has 0 saturated carbocycles. The van der Waals surface area contributed by atoms with Crippen LogP contribution in [-0.4, -0.2) is 40.7 Å². The largest absolute Gasteiger partial charge is 0.488 e. The lowest BCUT2D eigenvalue weighted by Crippen LogP contribution is -2.01. The van der Waals surface area contributed by atoms with Crippen molar-refractivity contribution < 1.29 is 56.2 Å². The van der Waals surface area contributed by atoms with Crippen LogP contribution in [0.2, 0.25) is 0 Å². The van der Waals surface area contributed by atoms with E-state index in [1.165, 1.54) is 27.7 Å². The monoisotopic (exact) mass is 408 g/mol. The highest BCUT2D eigenvalue weighted by molar-refractivity contribution is 7.68. The first-order chi connectivity index (χ1) is 9.30. The van der Waals surface area contributed by atoms with E-state index in [0.717, 1.165) is 0 Å². The molecular weight excluding hydrogens is 388 g/mol. The Kier molecular flexibility index (Phi) is 9.74. The van der Waals surface area contributed by atoms with Crippen molar-refractivity contribution in [2.24, 2.45) is 0 Å². The molecule has 0 spiro atoms. The molecule has 12 nitrogen and oxygen atoms in total. The van der Waals surface area contributed by atoms with Gasteiger partial charge >= 0.3 is 30.8 Å². The zero-order valence-corrected chi connectivity index (χ0v) is 15.7. The maximum atomic E-state index is 11.1. The van der Waals surface area contributed by atoms with E-state index in [1.54, 1.807) is 0 Å². The van der Waals surface area contributed by atoms with Gasteiger partial charge in [0.25, 0.3) is 0 Å². The Bertz CT molecular complexity index is 528. The van der Waals surface area contributed by atoms with Gasteiger partial charge < -0.3 is 29.4 Å². The predicted octanol–water partition coefficient (Wildman–Crippen LogP) is 1.38. The van der Waals surface area contributed by atoms with Gasteiger partial charge in [0.2, 0.25) is 0 Å². The minimum absolute atomic E-state index is 0.535. The molecule has 0 bridgehead atoms. The van der Waals surface area contributed by atoms with E-state index in [2.05, 4.69) is 8.62 Å². The summed E-state index contributed by atoms with van der Waals surface area (Å²) in [4.78, 5) is 50.5. The summed E-state index contributed by atoms with van der Waals surface area (Å²) in [7, 11) is -18.7. The number of rotatable bonds is 6. The molecule has 136 valence electrons. The van der Waals surface area contributed by atoms with Crippen molar-refractivity contribution in [3.8, 4) is 0 Å². The molecule has 0 amide bonds. The molecule has 22 heavy (non-hydrogen) atoms. The zero-order valence-electron chi connectivity index (χ0n) is 12.1. The second kappa shape index (κ2) is 8.62. The molecule has 16 heteroatoms. The van der Waals surface area contributed by atoms with Gasteiger partial charge in [-0.25, -0.2) is 13.4 Å². The minimum Gasteiger partial charge on any atom is -0.324 e. The van der Waals surface area contributed by atoms with E-state index in [-0.39, 0.29) is 0 Å². The fraction of sp³-hybridized carbons (Fsp3) is 1.00. The molecule has 0 aromatic heterocycles. The van der Waals surface area contributed by atoms with Gasteiger partial charge in [0, 0.05) is 0 Å². The van der Waals surface area contributed by atoms with E-state index >= 15 is 0 Å². The molecule has 0 saturated heterocycles. The molecular formula is C6H20O12P4. The van der Waals surface area contributed by atoms with E-state index in [1.807, 2.05) is 0 Å². The minimum atomic E-state index is -5.27. The van der Waals surface area contributed by atoms with Crippen LogP contribution >= 0.6 is 30.8 Å². The van der Waals surface area contributed by atoms with Crippen molar-refractivity contribution in [1.82, 2.24) is 0 Å². The molecule has 0 aliphatic carbocycles. The molecule has 0 heterocycles. The maximum absolute atomic E-state index is 11.1. The highest BCUT2D eigenvalue weighted by Gasteiger charge is 2.40. The lowest BCUT2D eigenvalue weighted by Gasteiger charge is -2.18. The number of phosphoric acid groups is 2. The Morgan fingerprint density at radius 2 is 1.00 bits per heavy atom. The summed E-state index contributed by atoms with van der Waals surface area (Å²) in [6.45, 7) is 5.41. The third-order valence-electron chi connectivity index (χ3n) is 1.75. The van der Waals surface area contributed by atoms with Gasteiger partial charge in [-0.2, -0.15) is 4.31 Å². The molecule has 0 aromatic rings. The normalized spacial score (nSPS) is 18.4. The summed E-state index contributed by atoms with van der Waals surface area (Å²) in [6, 6.07) is 0. The summed E-state index contributed by atoms with van der Waals surface area (Å²) in [5.41, 5.74) is -1.55. The fourth-order valence-corrected chi connectivity index (χ4v) is 3.79. The number of hydrogen-bond acceptors (Lipinski definition) is 6. The average Bonchev–Trinajstić information content (AvgIpc) is 2.09. The van der Waals surface area contributed by atoms with Gasteiger partial charge in [-0.3, -0.25) is 9.13 Å². The van der Waals surface area contributed by atoms with Crippen LogP contribution in [0.1, 0.15) is 27.7 Å². The zero-order chi connectivity index (χ0) is 18.6. The fourth-order valence-electron chi connectivity index (χ4n) is 0.391. The van der Waals surface area contributed by atoms with Gasteiger partial charge in [-0.15, -0.1) is 0 Å². The highest BCUT2D eigenvalue weighted by Crippen LogP contribution is 2.67. The topological polar surface area (TPSA) is 208 Å². The van der Waals surface area contributed by atoms with Crippen LogP contribution in [0.3, 0.4) is 0 Å². The highest BCUT2D eigenvalue weighted by atomic mass is 31.3. The molecule has 0 fully saturated rings. The summed E-state index contributed by atoms with van der Waals surface area (Å²) in [5, 5.41) is 0. The molecule has 0 aliphatic heterocycles. The molecule has 6 N–H and O–H groups in total. The Morgan fingerprint density at radius 3 is 1.18 bits per heavy atom. The van der Waals surface area contributed by atoms with Gasteiger partial charge in [0.1, 0.15) is 0 Å². The lowest BCUT2D eigenvalue weighted by atomic mass is 10.6. The van der Waals surface area contributed by atoms with Gasteiger partial charge in [0.15, 0.2) is 0 Å². The van der Waals surface area contributed by atoms with Crippen molar-refractivity contribution in [3.05, 3.63) is 0 Å². The van der Waals surface area contributed by atoms with E-state index in [4.69, 9.17) is 29.4 Å². The molecule has 0 aliphatic rings. The Morgan fingerprint density at radius 1 is 0.682 bits per heavy atom. The van der Waals surface area contributed by atoms with Crippen LogP contribution < -0.4 is 0 Å². The Labute approximate surface area is 127 Å². The van der Waals surface area contributed by atoms with E-state index < -0.39 is 42.2 Å². The summed E-state index contributed by atoms with van der Waals surface area (Å²) in [5.74, 6) is 0. The molecule has 0 rings (SSSR count). The third-order valence-corrected chi connectivity index (χ3v) is 7.84. The Balaban J connectivity index is 0. The molecule has 0 radical (unpaired) electrons. The second-order valence-electron chi connectivity index (χ2n) is 4.46. The van der Waals surface area contributed by atoms with Gasteiger partial charge in [0.05, 0.1) is 11.3 Å². The lowest BCUT2D eigenvalue weighted by molar-refractivity contribution is 0.221. The molecule has 0 aromatic carbocycles. The van der Waals surface area contributed by atoms with E-state index in [0.29, 0.717) is 0 Å². The summed E-state index contributed by atoms with van der Waals surface area (Å²) < 4.78 is 49.2. The third kappa shape index (κ3) is 13.1. The van der Waals surface area contributed by atoms with Crippen LogP contribution in [0, 0.1) is 0 Å². The van der Waals surface area contributed by atoms with Gasteiger partial charge in [-0.05, 0) is 0 Å². The van der Waals surface area contributed by atoms with Crippen LogP contribution in [-0.2, 0) is 26.9 Å². The first-order valence-corrected chi connectivity index (χ1v) is 11.8. The summed E-state index contributed by atoms with van der Waals surface area (Å²) >= 11 is 0. The van der Waals surface area contributed by atoms with Crippen molar-refractivity contribution >= 4 is 30.8 Å². The van der Waals surface area contributed by atoms with Crippen molar-refractivity contribution in [2.45, 2.75) is 39.0 Å². The first-order valence-electron chi connectivity index (χ1n) is 5.49. The second-order valence-corrected chi connectivity index (χ2v) is 12.1. The SMILES string of the molecule is CC(C)P(=O)(O)O.CC(C)P(=O)(O)OP(=O)(O)OP(=O)(O)O. The summed E-state index contributed by atoms with van der Waals surface area (Å²) in [6.07, 6.45) is 0. The average molecular weight is 408 g/mol. The smallest absolute Gasteiger partial charge is 0.324 e. The van der Waals surface area contributed by atoms with Crippen LogP contribution in [0.4, 0.5) is 0 Å². The maximum Gasteiger partial charge on any atom is 0.488 e. The van der Waals surface area contributed by atoms with E-state index in [9.17, 15) is 18.3 Å². The van der Waals surface area contributed by atoms with Crippen molar-refractivity contribution in [2.75, 3.05) is 0 Å². The predicted molar refractivity (Wildman–Crippen MR) is 76.2 cm³/mol. The van der Waals surface area contributed by atoms with Crippen LogP contribution in [0.25, 0.3) is 0 Å². The Hall–Kier alpha value is 0.600. The van der Waals surface area contributed by atoms with Gasteiger partial charge in [-0.1, -0.05) is 27.7 Å². The molecule has 2 unspecified atom stereocenters. The first kappa shape index (κ1) is 24.8. The number of hydrogen-bond donors (Lipinski definition) is 6. The standard InChI is InChI=1S/C3H11O9P3.C3H9O3P/c1-3(2)13(4,5)11-15(9,10)12-14(6,7)8;1-3(2)7(4,5)6/h3H,1-2H3,(H,4,5)(H,9,10)(H2,6,7,8);3H,1-2H3,(H2,4,5,6). The quantitative estimate of drug-likeness (QED) is 0.344. The molecule has 2 atom stereocenters. The van der Waals surface area contributed by atoms with Crippen LogP contribution in [0.5, 0.6) is 0 Å². The van der Waals surface area contributed by atoms with Crippen molar-refractivity contribution in [1.29, 1.82) is 0 Å². The van der Waals surface area contributed by atoms with Crippen LogP contribution in [0.15, 0.2) is 0 Å².